The van der Waals surface area contributed by atoms with E-state index in [1.165, 1.54) is 0 Å². The van der Waals surface area contributed by atoms with Crippen molar-refractivity contribution in [3.63, 3.8) is 0 Å². The Labute approximate surface area is 70.9 Å². The highest BCUT2D eigenvalue weighted by molar-refractivity contribution is 6.68. The molecule has 0 unspecified atom stereocenters. The summed E-state index contributed by atoms with van der Waals surface area (Å²) in [6.45, 7) is 0. The van der Waals surface area contributed by atoms with Crippen molar-refractivity contribution in [2.75, 3.05) is 0 Å². The number of halogens is 3. The molecule has 0 aliphatic heterocycles. The van der Waals surface area contributed by atoms with Crippen molar-refractivity contribution in [1.29, 1.82) is 0 Å². The average Bonchev–Trinajstić information content (AvgIpc) is 1.62. The SMILES string of the molecule is O=C(CC(Cl)(Cl)Cl)O[SiH3]. The lowest BCUT2D eigenvalue weighted by Gasteiger charge is -2.07. The van der Waals surface area contributed by atoms with E-state index in [9.17, 15) is 4.79 Å². The van der Waals surface area contributed by atoms with E-state index in [2.05, 4.69) is 4.43 Å². The molecule has 0 rings (SSSR count). The maximum atomic E-state index is 10.4. The van der Waals surface area contributed by atoms with Crippen LogP contribution in [0.25, 0.3) is 0 Å². The molecule has 0 N–H and O–H groups in total. The Morgan fingerprint density at radius 2 is 2.00 bits per heavy atom. The van der Waals surface area contributed by atoms with E-state index in [-0.39, 0.29) is 6.42 Å². The second-order valence-corrected chi connectivity index (χ2v) is 4.29. The first kappa shape index (κ1) is 9.56. The van der Waals surface area contributed by atoms with Gasteiger partial charge in [0, 0.05) is 0 Å². The van der Waals surface area contributed by atoms with Crippen LogP contribution in [0, 0.1) is 0 Å². The lowest BCUT2D eigenvalue weighted by molar-refractivity contribution is -0.133. The quantitative estimate of drug-likeness (QED) is 0.464. The maximum Gasteiger partial charge on any atom is 0.296 e. The summed E-state index contributed by atoms with van der Waals surface area (Å²) in [5.74, 6) is -0.471. The second-order valence-electron chi connectivity index (χ2n) is 1.37. The molecule has 0 aliphatic carbocycles. The molecule has 0 amide bonds. The zero-order valence-electron chi connectivity index (χ0n) is 4.66. The Bertz CT molecular complexity index is 110. The molecule has 0 saturated heterocycles. The molecule has 9 heavy (non-hydrogen) atoms. The molecule has 6 heteroatoms. The molecule has 2 nitrogen and oxygen atoms in total. The minimum Gasteiger partial charge on any atom is -0.529 e. The molecule has 0 radical (unpaired) electrons. The Kier molecular flexibility index (Phi) is 3.89. The van der Waals surface area contributed by atoms with Crippen LogP contribution in [0.2, 0.25) is 0 Å². The normalized spacial score (nSPS) is 11.4. The van der Waals surface area contributed by atoms with E-state index < -0.39 is 9.76 Å². The largest absolute Gasteiger partial charge is 0.529 e. The highest BCUT2D eigenvalue weighted by atomic mass is 35.6. The first-order valence-electron chi connectivity index (χ1n) is 2.09. The fourth-order valence-corrected chi connectivity index (χ4v) is 0.707. The third kappa shape index (κ3) is 6.44. The average molecular weight is 208 g/mol. The van der Waals surface area contributed by atoms with Crippen LogP contribution in [0.3, 0.4) is 0 Å². The second kappa shape index (κ2) is 3.66. The maximum absolute atomic E-state index is 10.4. The Morgan fingerprint density at radius 3 is 2.11 bits per heavy atom. The minimum absolute atomic E-state index is 0.179. The number of carbonyl (C=O) groups excluding carboxylic acids is 1. The summed E-state index contributed by atoms with van der Waals surface area (Å²) in [7, 11) is 0.341. The zero-order chi connectivity index (χ0) is 7.49. The van der Waals surface area contributed by atoms with Crippen molar-refractivity contribution in [1.82, 2.24) is 0 Å². The number of hydrogen-bond donors (Lipinski definition) is 0. The number of rotatable bonds is 1. The van der Waals surface area contributed by atoms with Gasteiger partial charge in [-0.3, -0.25) is 4.79 Å². The number of alkyl halides is 3. The molecular weight excluding hydrogens is 202 g/mol. The standard InChI is InChI=1S/C3H5Cl3O2Si/c4-3(5,6)1-2(7)8-9/h1H2,9H3. The molecule has 0 aromatic rings. The first-order chi connectivity index (χ1) is 3.95. The van der Waals surface area contributed by atoms with Gasteiger partial charge in [0.05, 0.1) is 6.42 Å². The van der Waals surface area contributed by atoms with Crippen LogP contribution in [0.5, 0.6) is 0 Å². The lowest BCUT2D eigenvalue weighted by Crippen LogP contribution is -2.12. The molecule has 0 fully saturated rings. The van der Waals surface area contributed by atoms with E-state index >= 15 is 0 Å². The number of hydrogen-bond acceptors (Lipinski definition) is 2. The van der Waals surface area contributed by atoms with Crippen molar-refractivity contribution in [2.45, 2.75) is 10.2 Å². The summed E-state index contributed by atoms with van der Waals surface area (Å²) in [4.78, 5) is 10.4. The molecule has 0 heterocycles. The summed E-state index contributed by atoms with van der Waals surface area (Å²) in [6, 6.07) is 0. The van der Waals surface area contributed by atoms with Crippen molar-refractivity contribution < 1.29 is 9.22 Å². The van der Waals surface area contributed by atoms with Crippen molar-refractivity contribution in [2.24, 2.45) is 0 Å². The predicted octanol–water partition coefficient (Wildman–Crippen LogP) is 0.570. The van der Waals surface area contributed by atoms with Crippen LogP contribution in [0.15, 0.2) is 0 Å². The van der Waals surface area contributed by atoms with Gasteiger partial charge < -0.3 is 4.43 Å². The van der Waals surface area contributed by atoms with Gasteiger partial charge in [-0.1, -0.05) is 34.8 Å². The molecule has 0 atom stereocenters. The van der Waals surface area contributed by atoms with Gasteiger partial charge >= 0.3 is 0 Å². The van der Waals surface area contributed by atoms with Crippen LogP contribution in [-0.2, 0) is 9.22 Å². The van der Waals surface area contributed by atoms with E-state index in [1.54, 1.807) is 0 Å². The number of carbonyl (C=O) groups is 1. The van der Waals surface area contributed by atoms with Crippen LogP contribution in [0.1, 0.15) is 6.42 Å². The summed E-state index contributed by atoms with van der Waals surface area (Å²) < 4.78 is 2.86. The van der Waals surface area contributed by atoms with Crippen molar-refractivity contribution >= 4 is 51.3 Å². The molecule has 0 aromatic heterocycles. The summed E-state index contributed by atoms with van der Waals surface area (Å²) in [6.07, 6.45) is -0.179. The Morgan fingerprint density at radius 1 is 1.56 bits per heavy atom. The van der Waals surface area contributed by atoms with E-state index in [0.717, 1.165) is 0 Å². The molecule has 0 saturated carbocycles. The Hall–Kier alpha value is 0.557. The Balaban J connectivity index is 3.60. The molecule has 0 spiro atoms. The van der Waals surface area contributed by atoms with Gasteiger partial charge in [0.1, 0.15) is 0 Å². The molecular formula is C3H5Cl3O2Si. The molecule has 0 bridgehead atoms. The van der Waals surface area contributed by atoms with Gasteiger partial charge in [-0.2, -0.15) is 0 Å². The molecule has 0 aromatic carbocycles. The van der Waals surface area contributed by atoms with Gasteiger partial charge in [0.15, 0.2) is 0 Å². The van der Waals surface area contributed by atoms with Crippen LogP contribution >= 0.6 is 34.8 Å². The fraction of sp³-hybridized carbons (Fsp3) is 0.667. The van der Waals surface area contributed by atoms with Crippen LogP contribution in [0.4, 0.5) is 0 Å². The monoisotopic (exact) mass is 206 g/mol. The van der Waals surface area contributed by atoms with Gasteiger partial charge in [-0.05, 0) is 0 Å². The first-order valence-corrected chi connectivity index (χ1v) is 4.04. The smallest absolute Gasteiger partial charge is 0.296 e. The minimum atomic E-state index is -1.51. The van der Waals surface area contributed by atoms with Gasteiger partial charge in [-0.15, -0.1) is 0 Å². The van der Waals surface area contributed by atoms with E-state index in [0.29, 0.717) is 10.5 Å². The fourth-order valence-electron chi connectivity index (χ4n) is 0.236. The van der Waals surface area contributed by atoms with Crippen LogP contribution in [-0.4, -0.2) is 20.2 Å². The summed E-state index contributed by atoms with van der Waals surface area (Å²) in [5.41, 5.74) is 0. The van der Waals surface area contributed by atoms with E-state index in [4.69, 9.17) is 34.8 Å². The lowest BCUT2D eigenvalue weighted by atomic mass is 10.5. The molecule has 54 valence electrons. The van der Waals surface area contributed by atoms with Gasteiger partial charge in [0.25, 0.3) is 5.97 Å². The zero-order valence-corrected chi connectivity index (χ0v) is 8.93. The van der Waals surface area contributed by atoms with Gasteiger partial charge in [0.2, 0.25) is 14.3 Å². The predicted molar refractivity (Wildman–Crippen MR) is 40.9 cm³/mol. The highest BCUT2D eigenvalue weighted by Gasteiger charge is 2.23. The topological polar surface area (TPSA) is 26.3 Å². The third-order valence-corrected chi connectivity index (χ3v) is 1.43. The molecule has 0 aliphatic rings. The van der Waals surface area contributed by atoms with Crippen LogP contribution < -0.4 is 0 Å². The highest BCUT2D eigenvalue weighted by Crippen LogP contribution is 2.29. The van der Waals surface area contributed by atoms with Gasteiger partial charge in [-0.25, -0.2) is 0 Å². The van der Waals surface area contributed by atoms with Crippen molar-refractivity contribution in [3.8, 4) is 0 Å². The van der Waals surface area contributed by atoms with Crippen molar-refractivity contribution in [3.05, 3.63) is 0 Å². The van der Waals surface area contributed by atoms with E-state index in [1.807, 2.05) is 0 Å². The summed E-state index contributed by atoms with van der Waals surface area (Å²) >= 11 is 15.8. The summed E-state index contributed by atoms with van der Waals surface area (Å²) in [5, 5.41) is 0. The third-order valence-electron chi connectivity index (χ3n) is 0.572.